The Morgan fingerprint density at radius 2 is 1.18 bits per heavy atom. The molecule has 0 heterocycles. The Bertz CT molecular complexity index is 1190. The highest BCUT2D eigenvalue weighted by molar-refractivity contribution is 7.85. The molecule has 2 saturated carbocycles. The molecular weight excluding hydrogens is 527 g/mol. The lowest BCUT2D eigenvalue weighted by Crippen LogP contribution is -2.28. The number of ether oxygens (including phenoxy) is 2. The standard InChI is InChI=1S/C32H47O5PS/c1-21(2)26-19-25(39(33,34)35)20-27(22(3)4)30(26)31-28(36-5)17-18-29(37-6)32(31)38(23-13-9-7-10-14-23)24-15-11-8-12-16-24/h17-24H,7-16H2,1-6H3,(H,33,34,35). The van der Waals surface area contributed by atoms with Gasteiger partial charge in [0, 0.05) is 10.9 Å². The molecule has 0 saturated heterocycles. The number of hydrogen-bond acceptors (Lipinski definition) is 4. The Morgan fingerprint density at radius 1 is 0.744 bits per heavy atom. The smallest absolute Gasteiger partial charge is 0.294 e. The van der Waals surface area contributed by atoms with E-state index in [4.69, 9.17) is 9.47 Å². The maximum atomic E-state index is 12.4. The molecule has 2 fully saturated rings. The second kappa shape index (κ2) is 12.9. The van der Waals surface area contributed by atoms with Crippen molar-refractivity contribution in [1.82, 2.24) is 0 Å². The van der Waals surface area contributed by atoms with E-state index in [9.17, 15) is 13.0 Å². The summed E-state index contributed by atoms with van der Waals surface area (Å²) in [6.07, 6.45) is 12.8. The SMILES string of the molecule is COc1ccc(OC)c(P(C2CCCCC2)C2CCCCC2)c1-c1c(C(C)C)cc(S(=O)(=O)O)cc1C(C)C. The summed E-state index contributed by atoms with van der Waals surface area (Å²) in [5, 5.41) is 1.30. The summed E-state index contributed by atoms with van der Waals surface area (Å²) in [4.78, 5) is -0.0381. The van der Waals surface area contributed by atoms with Gasteiger partial charge in [0.05, 0.1) is 19.1 Å². The van der Waals surface area contributed by atoms with E-state index < -0.39 is 18.0 Å². The normalized spacial score (nSPS) is 17.8. The minimum Gasteiger partial charge on any atom is -0.496 e. The van der Waals surface area contributed by atoms with Gasteiger partial charge in [0.15, 0.2) is 0 Å². The third-order valence-corrected chi connectivity index (χ3v) is 13.1. The summed E-state index contributed by atoms with van der Waals surface area (Å²) in [7, 11) is -1.40. The highest BCUT2D eigenvalue weighted by Crippen LogP contribution is 2.59. The molecule has 5 nitrogen and oxygen atoms in total. The lowest BCUT2D eigenvalue weighted by atomic mass is 9.84. The van der Waals surface area contributed by atoms with Gasteiger partial charge >= 0.3 is 0 Å². The molecule has 0 bridgehead atoms. The van der Waals surface area contributed by atoms with Crippen LogP contribution in [-0.2, 0) is 10.1 Å². The van der Waals surface area contributed by atoms with Crippen molar-refractivity contribution in [3.8, 4) is 22.6 Å². The Kier molecular flexibility index (Phi) is 10.0. The van der Waals surface area contributed by atoms with Gasteiger partial charge in [-0.05, 0) is 89.8 Å². The molecule has 0 aromatic heterocycles. The zero-order valence-electron chi connectivity index (χ0n) is 24.6. The van der Waals surface area contributed by atoms with Crippen LogP contribution in [0.3, 0.4) is 0 Å². The van der Waals surface area contributed by atoms with Crippen molar-refractivity contribution in [2.75, 3.05) is 14.2 Å². The van der Waals surface area contributed by atoms with Crippen LogP contribution in [0.2, 0.25) is 0 Å². The third kappa shape index (κ3) is 6.49. The lowest BCUT2D eigenvalue weighted by molar-refractivity contribution is 0.406. The fourth-order valence-corrected chi connectivity index (χ4v) is 11.4. The molecule has 0 amide bonds. The molecule has 0 spiro atoms. The molecule has 2 aromatic carbocycles. The monoisotopic (exact) mass is 574 g/mol. The van der Waals surface area contributed by atoms with Gasteiger partial charge in [-0.1, -0.05) is 74.1 Å². The highest BCUT2D eigenvalue weighted by atomic mass is 32.2. The van der Waals surface area contributed by atoms with Crippen molar-refractivity contribution in [3.05, 3.63) is 35.4 Å². The van der Waals surface area contributed by atoms with E-state index in [-0.39, 0.29) is 16.7 Å². The molecular formula is C32H47O5PS. The molecule has 2 aliphatic rings. The summed E-state index contributed by atoms with van der Waals surface area (Å²) in [6, 6.07) is 7.44. The Hall–Kier alpha value is -1.62. The van der Waals surface area contributed by atoms with Crippen LogP contribution in [0.25, 0.3) is 11.1 Å². The molecule has 2 aromatic rings. The van der Waals surface area contributed by atoms with Crippen LogP contribution in [0.15, 0.2) is 29.2 Å². The van der Waals surface area contributed by atoms with Crippen molar-refractivity contribution in [3.63, 3.8) is 0 Å². The van der Waals surface area contributed by atoms with Gasteiger partial charge in [0.2, 0.25) is 0 Å². The number of hydrogen-bond donors (Lipinski definition) is 1. The molecule has 1 N–H and O–H groups in total. The molecule has 0 unspecified atom stereocenters. The predicted molar refractivity (Wildman–Crippen MR) is 163 cm³/mol. The molecule has 0 radical (unpaired) electrons. The van der Waals surface area contributed by atoms with Crippen LogP contribution in [0.5, 0.6) is 11.5 Å². The van der Waals surface area contributed by atoms with Crippen LogP contribution in [0.1, 0.15) is 115 Å². The van der Waals surface area contributed by atoms with Gasteiger partial charge in [-0.15, -0.1) is 0 Å². The van der Waals surface area contributed by atoms with Crippen molar-refractivity contribution >= 4 is 23.3 Å². The van der Waals surface area contributed by atoms with Crippen LogP contribution >= 0.6 is 7.92 Å². The predicted octanol–water partition coefficient (Wildman–Crippen LogP) is 8.64. The first-order valence-electron chi connectivity index (χ1n) is 14.8. The van der Waals surface area contributed by atoms with Crippen molar-refractivity contribution in [2.45, 2.75) is 120 Å². The van der Waals surface area contributed by atoms with Crippen molar-refractivity contribution in [2.24, 2.45) is 0 Å². The fraction of sp³-hybridized carbons (Fsp3) is 0.625. The molecule has 0 atom stereocenters. The summed E-state index contributed by atoms with van der Waals surface area (Å²) >= 11 is 0. The van der Waals surface area contributed by atoms with Crippen molar-refractivity contribution in [1.29, 1.82) is 0 Å². The molecule has 0 aliphatic heterocycles. The van der Waals surface area contributed by atoms with Gasteiger partial charge in [-0.2, -0.15) is 8.42 Å². The van der Waals surface area contributed by atoms with E-state index in [0.29, 0.717) is 11.3 Å². The van der Waals surface area contributed by atoms with Crippen LogP contribution < -0.4 is 14.8 Å². The number of benzene rings is 2. The Labute approximate surface area is 237 Å². The Balaban J connectivity index is 2.11. The topological polar surface area (TPSA) is 72.8 Å². The zero-order chi connectivity index (χ0) is 28.3. The lowest BCUT2D eigenvalue weighted by Gasteiger charge is -2.40. The van der Waals surface area contributed by atoms with E-state index >= 15 is 0 Å². The minimum absolute atomic E-state index is 0.0381. The molecule has 2 aliphatic carbocycles. The van der Waals surface area contributed by atoms with E-state index in [1.807, 2.05) is 6.07 Å². The zero-order valence-corrected chi connectivity index (χ0v) is 26.3. The van der Waals surface area contributed by atoms with Gasteiger partial charge in [0.1, 0.15) is 11.5 Å². The first kappa shape index (κ1) is 30.3. The van der Waals surface area contributed by atoms with Crippen LogP contribution in [0.4, 0.5) is 0 Å². The second-order valence-electron chi connectivity index (χ2n) is 11.9. The minimum atomic E-state index is -4.35. The van der Waals surface area contributed by atoms with E-state index in [2.05, 4.69) is 33.8 Å². The second-order valence-corrected chi connectivity index (χ2v) is 16.1. The van der Waals surface area contributed by atoms with E-state index in [1.165, 1.54) is 69.5 Å². The maximum absolute atomic E-state index is 12.4. The van der Waals surface area contributed by atoms with Gasteiger partial charge < -0.3 is 9.47 Å². The largest absolute Gasteiger partial charge is 0.496 e. The van der Waals surface area contributed by atoms with Gasteiger partial charge in [0.25, 0.3) is 10.1 Å². The summed E-state index contributed by atoms with van der Waals surface area (Å²) in [6.45, 7) is 8.37. The van der Waals surface area contributed by atoms with Crippen LogP contribution in [0, 0.1) is 0 Å². The first-order valence-corrected chi connectivity index (χ1v) is 17.7. The summed E-state index contributed by atoms with van der Waals surface area (Å²) in [5.74, 6) is 1.82. The average Bonchev–Trinajstić information content (AvgIpc) is 2.92. The van der Waals surface area contributed by atoms with E-state index in [0.717, 1.165) is 33.8 Å². The van der Waals surface area contributed by atoms with Gasteiger partial charge in [-0.3, -0.25) is 4.55 Å². The van der Waals surface area contributed by atoms with Crippen molar-refractivity contribution < 1.29 is 22.4 Å². The summed E-state index contributed by atoms with van der Waals surface area (Å²) in [5.41, 5.74) is 5.27. The maximum Gasteiger partial charge on any atom is 0.294 e. The third-order valence-electron chi connectivity index (χ3n) is 8.70. The van der Waals surface area contributed by atoms with E-state index in [1.54, 1.807) is 26.4 Å². The number of methoxy groups -OCH3 is 2. The summed E-state index contributed by atoms with van der Waals surface area (Å²) < 4.78 is 47.1. The van der Waals surface area contributed by atoms with Crippen LogP contribution in [-0.4, -0.2) is 38.5 Å². The molecule has 4 rings (SSSR count). The quantitative estimate of drug-likeness (QED) is 0.240. The van der Waals surface area contributed by atoms with Gasteiger partial charge in [-0.25, -0.2) is 0 Å². The fourth-order valence-electron chi connectivity index (χ4n) is 6.78. The molecule has 39 heavy (non-hydrogen) atoms. The number of rotatable bonds is 9. The Morgan fingerprint density at radius 3 is 1.56 bits per heavy atom. The highest BCUT2D eigenvalue weighted by Gasteiger charge is 2.38. The molecule has 216 valence electrons. The average molecular weight is 575 g/mol. The first-order chi connectivity index (χ1) is 18.6. The molecule has 7 heteroatoms.